The first-order valence-corrected chi connectivity index (χ1v) is 10.2. The maximum Gasteiger partial charge on any atom is 0.339 e. The van der Waals surface area contributed by atoms with Crippen LogP contribution in [0.2, 0.25) is 0 Å². The van der Waals surface area contributed by atoms with Crippen molar-refractivity contribution in [3.05, 3.63) is 33.8 Å². The zero-order chi connectivity index (χ0) is 21.0. The highest BCUT2D eigenvalue weighted by atomic mass is 79.9. The van der Waals surface area contributed by atoms with Crippen LogP contribution in [0.25, 0.3) is 0 Å². The monoisotopic (exact) mass is 440 g/mol. The van der Waals surface area contributed by atoms with Crippen LogP contribution in [0, 0.1) is 5.41 Å². The number of hydrogen-bond acceptors (Lipinski definition) is 4. The topological polar surface area (TPSA) is 52.6 Å². The fourth-order valence-corrected chi connectivity index (χ4v) is 2.77. The van der Waals surface area contributed by atoms with E-state index in [9.17, 15) is 9.59 Å². The Hall–Kier alpha value is -1.36. The van der Waals surface area contributed by atoms with Crippen molar-refractivity contribution in [1.29, 1.82) is 0 Å². The SMILES string of the molecule is CC(C)(C)OC(=O)c1ccc(Br)cc1C(=O)OC(C)(C)C.CC1(C)CCC1. The van der Waals surface area contributed by atoms with Crippen LogP contribution in [-0.2, 0) is 9.47 Å². The lowest BCUT2D eigenvalue weighted by molar-refractivity contribution is 0.00186. The zero-order valence-corrected chi connectivity index (χ0v) is 19.5. The number of benzene rings is 1. The van der Waals surface area contributed by atoms with E-state index in [-0.39, 0.29) is 11.1 Å². The molecule has 0 heterocycles. The van der Waals surface area contributed by atoms with Crippen molar-refractivity contribution in [3.63, 3.8) is 0 Å². The first-order chi connectivity index (χ1) is 12.1. The molecule has 1 fully saturated rings. The van der Waals surface area contributed by atoms with Crippen LogP contribution in [0.4, 0.5) is 0 Å². The Morgan fingerprint density at radius 2 is 1.30 bits per heavy atom. The highest BCUT2D eigenvalue weighted by molar-refractivity contribution is 9.10. The van der Waals surface area contributed by atoms with Gasteiger partial charge in [-0.25, -0.2) is 9.59 Å². The molecule has 0 aromatic heterocycles. The maximum atomic E-state index is 12.3. The van der Waals surface area contributed by atoms with Crippen LogP contribution in [0.1, 0.15) is 95.4 Å². The van der Waals surface area contributed by atoms with Gasteiger partial charge in [0.05, 0.1) is 11.1 Å². The molecule has 0 atom stereocenters. The van der Waals surface area contributed by atoms with E-state index in [1.54, 1.807) is 59.7 Å². The van der Waals surface area contributed by atoms with Gasteiger partial charge in [-0.3, -0.25) is 0 Å². The number of rotatable bonds is 2. The van der Waals surface area contributed by atoms with Gasteiger partial charge in [-0.05, 0) is 78.0 Å². The van der Waals surface area contributed by atoms with E-state index in [1.165, 1.54) is 19.3 Å². The van der Waals surface area contributed by atoms with E-state index >= 15 is 0 Å². The molecule has 0 N–H and O–H groups in total. The molecule has 4 nitrogen and oxygen atoms in total. The van der Waals surface area contributed by atoms with E-state index in [0.717, 1.165) is 5.41 Å². The van der Waals surface area contributed by atoms with Crippen LogP contribution >= 0.6 is 15.9 Å². The molecule has 0 saturated heterocycles. The Balaban J connectivity index is 0.000000511. The Morgan fingerprint density at radius 1 is 0.889 bits per heavy atom. The van der Waals surface area contributed by atoms with Crippen molar-refractivity contribution >= 4 is 27.9 Å². The van der Waals surface area contributed by atoms with E-state index in [0.29, 0.717) is 4.47 Å². The maximum absolute atomic E-state index is 12.3. The molecule has 1 aromatic rings. The molecule has 0 amide bonds. The molecule has 5 heteroatoms. The summed E-state index contributed by atoms with van der Waals surface area (Å²) in [5.74, 6) is -1.10. The van der Waals surface area contributed by atoms with Crippen molar-refractivity contribution in [2.75, 3.05) is 0 Å². The molecule has 0 spiro atoms. The Morgan fingerprint density at radius 3 is 1.63 bits per heavy atom. The van der Waals surface area contributed by atoms with Gasteiger partial charge in [0.1, 0.15) is 11.2 Å². The van der Waals surface area contributed by atoms with Gasteiger partial charge in [0.15, 0.2) is 0 Å². The average molecular weight is 441 g/mol. The Kier molecular flexibility index (Phi) is 7.69. The molecule has 2 rings (SSSR count). The summed E-state index contributed by atoms with van der Waals surface area (Å²) < 4.78 is 11.3. The third-order valence-electron chi connectivity index (χ3n) is 3.93. The van der Waals surface area contributed by atoms with Crippen molar-refractivity contribution in [1.82, 2.24) is 0 Å². The van der Waals surface area contributed by atoms with Crippen LogP contribution in [0.15, 0.2) is 22.7 Å². The van der Waals surface area contributed by atoms with E-state index < -0.39 is 23.1 Å². The lowest BCUT2D eigenvalue weighted by Crippen LogP contribution is -2.27. The summed E-state index contributed by atoms with van der Waals surface area (Å²) in [4.78, 5) is 24.5. The molecular weight excluding hydrogens is 408 g/mol. The second kappa shape index (κ2) is 8.76. The smallest absolute Gasteiger partial charge is 0.339 e. The summed E-state index contributed by atoms with van der Waals surface area (Å²) in [5, 5.41) is 0. The quantitative estimate of drug-likeness (QED) is 0.488. The first kappa shape index (κ1) is 23.7. The van der Waals surface area contributed by atoms with E-state index in [2.05, 4.69) is 29.8 Å². The fourth-order valence-electron chi connectivity index (χ4n) is 2.41. The van der Waals surface area contributed by atoms with Gasteiger partial charge in [-0.1, -0.05) is 36.2 Å². The van der Waals surface area contributed by atoms with E-state index in [4.69, 9.17) is 9.47 Å². The summed E-state index contributed by atoms with van der Waals surface area (Å²) in [6.07, 6.45) is 4.37. The summed E-state index contributed by atoms with van der Waals surface area (Å²) in [5.41, 5.74) is -0.157. The molecule has 0 radical (unpaired) electrons. The Labute approximate surface area is 172 Å². The molecule has 0 bridgehead atoms. The second-order valence-corrected chi connectivity index (χ2v) is 10.6. The molecule has 152 valence electrons. The number of halogens is 1. The minimum atomic E-state index is -0.634. The summed E-state index contributed by atoms with van der Waals surface area (Å²) in [6.45, 7) is 15.3. The van der Waals surface area contributed by atoms with Crippen molar-refractivity contribution in [3.8, 4) is 0 Å². The van der Waals surface area contributed by atoms with Crippen LogP contribution in [-0.4, -0.2) is 23.1 Å². The molecule has 1 saturated carbocycles. The van der Waals surface area contributed by atoms with Gasteiger partial charge >= 0.3 is 11.9 Å². The molecular formula is C22H33BrO4. The first-order valence-electron chi connectivity index (χ1n) is 9.36. The lowest BCUT2D eigenvalue weighted by atomic mass is 9.72. The predicted octanol–water partition coefficient (Wildman–Crippen LogP) is 6.56. The van der Waals surface area contributed by atoms with Gasteiger partial charge in [0.25, 0.3) is 0 Å². The molecule has 0 aliphatic heterocycles. The second-order valence-electron chi connectivity index (χ2n) is 9.71. The highest BCUT2D eigenvalue weighted by Crippen LogP contribution is 2.38. The lowest BCUT2D eigenvalue weighted by Gasteiger charge is -2.33. The third kappa shape index (κ3) is 8.91. The molecule has 1 aliphatic rings. The van der Waals surface area contributed by atoms with Crippen LogP contribution < -0.4 is 0 Å². The normalized spacial score (nSPS) is 15.7. The number of esters is 2. The van der Waals surface area contributed by atoms with Crippen molar-refractivity contribution < 1.29 is 19.1 Å². The van der Waals surface area contributed by atoms with Gasteiger partial charge in [-0.15, -0.1) is 0 Å². The van der Waals surface area contributed by atoms with Crippen molar-refractivity contribution in [2.24, 2.45) is 5.41 Å². The van der Waals surface area contributed by atoms with Gasteiger partial charge < -0.3 is 9.47 Å². The summed E-state index contributed by atoms with van der Waals surface area (Å²) in [6, 6.07) is 4.80. The van der Waals surface area contributed by atoms with Gasteiger partial charge in [-0.2, -0.15) is 0 Å². The molecule has 0 unspecified atom stereocenters. The molecule has 1 aromatic carbocycles. The number of carbonyl (C=O) groups excluding carboxylic acids is 2. The number of ether oxygens (including phenoxy) is 2. The van der Waals surface area contributed by atoms with Crippen LogP contribution in [0.3, 0.4) is 0 Å². The van der Waals surface area contributed by atoms with Gasteiger partial charge in [0, 0.05) is 4.47 Å². The summed E-state index contributed by atoms with van der Waals surface area (Å²) >= 11 is 3.29. The standard InChI is InChI=1S/C16H21BrO4.C6H12/c1-15(2,3)20-13(18)11-8-7-10(17)9-12(11)14(19)21-16(4,5)6;1-6(2)4-3-5-6/h7-9H,1-6H3;3-5H2,1-2H3. The minimum Gasteiger partial charge on any atom is -0.456 e. The molecule has 1 aliphatic carbocycles. The van der Waals surface area contributed by atoms with Crippen molar-refractivity contribution in [2.45, 2.75) is 85.9 Å². The van der Waals surface area contributed by atoms with E-state index in [1.807, 2.05) is 0 Å². The predicted molar refractivity (Wildman–Crippen MR) is 112 cm³/mol. The number of carbonyl (C=O) groups is 2. The fraction of sp³-hybridized carbons (Fsp3) is 0.636. The highest BCUT2D eigenvalue weighted by Gasteiger charge is 2.26. The Bertz CT molecular complexity index is 673. The van der Waals surface area contributed by atoms with Crippen LogP contribution in [0.5, 0.6) is 0 Å². The zero-order valence-electron chi connectivity index (χ0n) is 17.9. The largest absolute Gasteiger partial charge is 0.456 e. The minimum absolute atomic E-state index is 0.188. The average Bonchev–Trinajstić information content (AvgIpc) is 2.42. The number of hydrogen-bond donors (Lipinski definition) is 0. The molecule has 27 heavy (non-hydrogen) atoms. The van der Waals surface area contributed by atoms with Gasteiger partial charge in [0.2, 0.25) is 0 Å². The summed E-state index contributed by atoms with van der Waals surface area (Å²) in [7, 11) is 0. The third-order valence-corrected chi connectivity index (χ3v) is 4.42.